The average Bonchev–Trinajstić information content (AvgIpc) is 3.03. The summed E-state index contributed by atoms with van der Waals surface area (Å²) in [7, 11) is 2.82. The maximum absolute atomic E-state index is 12.0. The Morgan fingerprint density at radius 3 is 2.67 bits per heavy atom. The van der Waals surface area contributed by atoms with E-state index in [4.69, 9.17) is 19.9 Å². The third kappa shape index (κ3) is 2.32. The van der Waals surface area contributed by atoms with Crippen LogP contribution < -0.4 is 15.2 Å². The number of aromatic amines is 1. The molecule has 0 saturated heterocycles. The Bertz CT molecular complexity index is 861. The van der Waals surface area contributed by atoms with Gasteiger partial charge in [0.05, 0.1) is 25.7 Å². The maximum atomic E-state index is 12.0. The Hall–Kier alpha value is -3.47. The highest BCUT2D eigenvalue weighted by molar-refractivity contribution is 5.90. The van der Waals surface area contributed by atoms with Crippen molar-refractivity contribution in [3.8, 4) is 17.7 Å². The zero-order valence-electron chi connectivity index (χ0n) is 13.0. The molecule has 8 heteroatoms. The molecule has 3 N–H and O–H groups in total. The summed E-state index contributed by atoms with van der Waals surface area (Å²) in [6.45, 7) is 0. The lowest BCUT2D eigenvalue weighted by molar-refractivity contribution is 0.0592. The molecule has 24 heavy (non-hydrogen) atoms. The van der Waals surface area contributed by atoms with Crippen LogP contribution in [0.15, 0.2) is 35.7 Å². The van der Waals surface area contributed by atoms with E-state index in [1.54, 1.807) is 31.4 Å². The van der Waals surface area contributed by atoms with Crippen LogP contribution in [0.3, 0.4) is 0 Å². The maximum Gasteiger partial charge on any atom is 0.356 e. The van der Waals surface area contributed by atoms with Gasteiger partial charge in [-0.1, -0.05) is 12.1 Å². The number of carbonyl (C=O) groups excluding carboxylic acids is 1. The molecule has 8 nitrogen and oxygen atoms in total. The van der Waals surface area contributed by atoms with Gasteiger partial charge >= 0.3 is 5.97 Å². The molecule has 0 radical (unpaired) electrons. The van der Waals surface area contributed by atoms with E-state index in [9.17, 15) is 10.1 Å². The fraction of sp³-hybridized carbons (Fsp3) is 0.188. The number of esters is 1. The van der Waals surface area contributed by atoms with E-state index in [-0.39, 0.29) is 23.0 Å². The van der Waals surface area contributed by atoms with Gasteiger partial charge in [-0.15, -0.1) is 5.10 Å². The van der Waals surface area contributed by atoms with Crippen LogP contribution in [0.1, 0.15) is 27.5 Å². The van der Waals surface area contributed by atoms with Gasteiger partial charge in [0.15, 0.2) is 5.69 Å². The van der Waals surface area contributed by atoms with Gasteiger partial charge in [-0.25, -0.2) is 4.79 Å². The minimum absolute atomic E-state index is 0.0475. The lowest BCUT2D eigenvalue weighted by Crippen LogP contribution is -2.22. The first-order valence-electron chi connectivity index (χ1n) is 6.98. The van der Waals surface area contributed by atoms with Gasteiger partial charge in [0.25, 0.3) is 0 Å². The fourth-order valence-electron chi connectivity index (χ4n) is 2.63. The van der Waals surface area contributed by atoms with Crippen molar-refractivity contribution < 1.29 is 19.0 Å². The lowest BCUT2D eigenvalue weighted by atomic mass is 9.84. The molecular formula is C16H14N4O4. The minimum Gasteiger partial charge on any atom is -0.497 e. The van der Waals surface area contributed by atoms with Crippen molar-refractivity contribution in [2.24, 2.45) is 5.73 Å². The standard InChI is InChI=1S/C16H14N4O4/c1-22-9-5-3-8(4-6-9)11-10(7-17)14(18)24-15-12(11)13(19-20-15)16(21)23-2/h3-6,11H,18H2,1-2H3,(H,19,20). The number of aromatic nitrogens is 2. The van der Waals surface area contributed by atoms with Crippen LogP contribution in [0, 0.1) is 11.3 Å². The topological polar surface area (TPSA) is 123 Å². The highest BCUT2D eigenvalue weighted by Crippen LogP contribution is 2.43. The van der Waals surface area contributed by atoms with Crippen molar-refractivity contribution in [3.63, 3.8) is 0 Å². The van der Waals surface area contributed by atoms with Gasteiger partial charge in [-0.05, 0) is 17.7 Å². The molecule has 0 spiro atoms. The molecule has 3 rings (SSSR count). The quantitative estimate of drug-likeness (QED) is 0.817. The predicted molar refractivity (Wildman–Crippen MR) is 82.2 cm³/mol. The van der Waals surface area contributed by atoms with Crippen LogP contribution in [0.4, 0.5) is 0 Å². The van der Waals surface area contributed by atoms with Gasteiger partial charge in [-0.2, -0.15) is 5.26 Å². The van der Waals surface area contributed by atoms with Crippen LogP contribution in [0.25, 0.3) is 0 Å². The number of nitrogens with two attached hydrogens (primary N) is 1. The second-order valence-electron chi connectivity index (χ2n) is 5.01. The number of nitrogens with zero attached hydrogens (tertiary/aromatic N) is 2. The Labute approximate surface area is 137 Å². The third-order valence-electron chi connectivity index (χ3n) is 3.78. The summed E-state index contributed by atoms with van der Waals surface area (Å²) in [5.74, 6) is -0.440. The second-order valence-corrected chi connectivity index (χ2v) is 5.01. The van der Waals surface area contributed by atoms with Gasteiger partial charge < -0.3 is 19.9 Å². The number of H-pyrrole nitrogens is 1. The van der Waals surface area contributed by atoms with E-state index < -0.39 is 11.9 Å². The molecule has 1 aromatic heterocycles. The number of nitriles is 1. The first-order chi connectivity index (χ1) is 11.6. The van der Waals surface area contributed by atoms with E-state index >= 15 is 0 Å². The molecule has 0 saturated carbocycles. The number of methoxy groups -OCH3 is 2. The van der Waals surface area contributed by atoms with E-state index in [0.29, 0.717) is 11.3 Å². The zero-order valence-corrected chi connectivity index (χ0v) is 13.0. The highest BCUT2D eigenvalue weighted by atomic mass is 16.5. The first-order valence-corrected chi connectivity index (χ1v) is 6.98. The van der Waals surface area contributed by atoms with Crippen molar-refractivity contribution >= 4 is 5.97 Å². The molecular weight excluding hydrogens is 312 g/mol. The van der Waals surface area contributed by atoms with Gasteiger partial charge in [0.2, 0.25) is 11.8 Å². The van der Waals surface area contributed by atoms with Crippen LogP contribution >= 0.6 is 0 Å². The molecule has 0 fully saturated rings. The molecule has 122 valence electrons. The Morgan fingerprint density at radius 2 is 2.08 bits per heavy atom. The van der Waals surface area contributed by atoms with Gasteiger partial charge in [0, 0.05) is 0 Å². The predicted octanol–water partition coefficient (Wildman–Crippen LogP) is 1.42. The molecule has 2 heterocycles. The number of nitrogens with one attached hydrogen (secondary N) is 1. The van der Waals surface area contributed by atoms with E-state index in [1.807, 2.05) is 0 Å². The number of ether oxygens (including phenoxy) is 3. The monoisotopic (exact) mass is 326 g/mol. The average molecular weight is 326 g/mol. The van der Waals surface area contributed by atoms with Gasteiger partial charge in [0.1, 0.15) is 17.4 Å². The largest absolute Gasteiger partial charge is 0.497 e. The summed E-state index contributed by atoms with van der Waals surface area (Å²) in [4.78, 5) is 12.0. The molecule has 1 atom stereocenters. The number of hydrogen-bond acceptors (Lipinski definition) is 7. The van der Waals surface area contributed by atoms with E-state index in [2.05, 4.69) is 16.3 Å². The van der Waals surface area contributed by atoms with E-state index in [0.717, 1.165) is 5.56 Å². The van der Waals surface area contributed by atoms with Crippen molar-refractivity contribution in [2.75, 3.05) is 14.2 Å². The Kier molecular flexibility index (Phi) is 3.83. The molecule has 0 bridgehead atoms. The molecule has 1 aliphatic heterocycles. The first kappa shape index (κ1) is 15.4. The van der Waals surface area contributed by atoms with Crippen LogP contribution in [0.2, 0.25) is 0 Å². The number of benzene rings is 1. The summed E-state index contributed by atoms with van der Waals surface area (Å²) in [5.41, 5.74) is 7.32. The van der Waals surface area contributed by atoms with E-state index in [1.165, 1.54) is 7.11 Å². The molecule has 2 aromatic rings. The van der Waals surface area contributed by atoms with Crippen molar-refractivity contribution in [2.45, 2.75) is 5.92 Å². The summed E-state index contributed by atoms with van der Waals surface area (Å²) in [6.07, 6.45) is 0. The number of fused-ring (bicyclic) bond motifs is 1. The number of hydrogen-bond donors (Lipinski definition) is 2. The molecule has 1 unspecified atom stereocenters. The van der Waals surface area contributed by atoms with Crippen molar-refractivity contribution in [3.05, 3.63) is 52.5 Å². The lowest BCUT2D eigenvalue weighted by Gasteiger charge is -2.23. The number of rotatable bonds is 3. The SMILES string of the molecule is COC(=O)c1[nH]nc2c1C(c1ccc(OC)cc1)C(C#N)=C(N)O2. The second kappa shape index (κ2) is 5.96. The molecule has 0 amide bonds. The Balaban J connectivity index is 2.20. The smallest absolute Gasteiger partial charge is 0.356 e. The van der Waals surface area contributed by atoms with Gasteiger partial charge in [-0.3, -0.25) is 5.10 Å². The summed E-state index contributed by atoms with van der Waals surface area (Å²) < 4.78 is 15.3. The van der Waals surface area contributed by atoms with Crippen LogP contribution in [-0.4, -0.2) is 30.4 Å². The van der Waals surface area contributed by atoms with Crippen LogP contribution in [-0.2, 0) is 4.74 Å². The summed E-state index contributed by atoms with van der Waals surface area (Å²) in [6, 6.07) is 9.14. The normalized spacial score (nSPS) is 16.0. The highest BCUT2D eigenvalue weighted by Gasteiger charge is 2.37. The molecule has 1 aliphatic rings. The summed E-state index contributed by atoms with van der Waals surface area (Å²) in [5, 5.41) is 16.1. The Morgan fingerprint density at radius 1 is 1.38 bits per heavy atom. The number of allylic oxidation sites excluding steroid dienone is 1. The third-order valence-corrected chi connectivity index (χ3v) is 3.78. The minimum atomic E-state index is -0.608. The zero-order chi connectivity index (χ0) is 17.3. The fourth-order valence-corrected chi connectivity index (χ4v) is 2.63. The molecule has 1 aromatic carbocycles. The summed E-state index contributed by atoms with van der Waals surface area (Å²) >= 11 is 0. The van der Waals surface area contributed by atoms with Crippen LogP contribution in [0.5, 0.6) is 11.6 Å². The van der Waals surface area contributed by atoms with Crippen molar-refractivity contribution in [1.82, 2.24) is 10.2 Å². The van der Waals surface area contributed by atoms with Crippen molar-refractivity contribution in [1.29, 1.82) is 5.26 Å². The number of carbonyl (C=O) groups is 1. The molecule has 0 aliphatic carbocycles.